The molecular weight excluding hydrogens is 345 g/mol. The van der Waals surface area contributed by atoms with E-state index in [1.54, 1.807) is 24.3 Å². The van der Waals surface area contributed by atoms with Gasteiger partial charge in [0.1, 0.15) is 5.75 Å². The first-order valence-corrected chi connectivity index (χ1v) is 7.22. The summed E-state index contributed by atoms with van der Waals surface area (Å²) in [6.45, 7) is -0.344. The largest absolute Gasteiger partial charge is 0.495 e. The maximum atomic E-state index is 13.0. The fourth-order valence-electron chi connectivity index (χ4n) is 2.02. The summed E-state index contributed by atoms with van der Waals surface area (Å²) in [5, 5.41) is 5.00. The van der Waals surface area contributed by atoms with E-state index in [1.807, 2.05) is 0 Å². The number of para-hydroxylation sites is 2. The molecule has 0 saturated carbocycles. The van der Waals surface area contributed by atoms with Crippen molar-refractivity contribution in [1.29, 1.82) is 0 Å². The monoisotopic (exact) mass is 358 g/mol. The summed E-state index contributed by atoms with van der Waals surface area (Å²) in [5.41, 5.74) is -0.721. The zero-order chi connectivity index (χ0) is 17.7. The van der Waals surface area contributed by atoms with Crippen molar-refractivity contribution >= 4 is 28.9 Å². The van der Waals surface area contributed by atoms with Crippen molar-refractivity contribution in [3.8, 4) is 5.75 Å². The van der Waals surface area contributed by atoms with E-state index < -0.39 is 17.6 Å². The van der Waals surface area contributed by atoms with E-state index in [4.69, 9.17) is 16.3 Å². The van der Waals surface area contributed by atoms with Crippen LogP contribution in [0.15, 0.2) is 42.5 Å². The number of hydrogen-bond acceptors (Lipinski definition) is 3. The van der Waals surface area contributed by atoms with Crippen LogP contribution in [-0.2, 0) is 11.0 Å². The fourth-order valence-corrected chi connectivity index (χ4v) is 2.20. The van der Waals surface area contributed by atoms with Gasteiger partial charge in [0.15, 0.2) is 0 Å². The standard InChI is InChI=1S/C16H14ClF3N2O2/c1-24-14-5-3-2-4-13(14)22-15(23)9-21-12-7-6-10(17)8-11(12)16(18,19)20/h2-8,21H,9H2,1H3,(H,22,23). The zero-order valence-corrected chi connectivity index (χ0v) is 13.3. The second-order valence-corrected chi connectivity index (χ2v) is 5.23. The van der Waals surface area contributed by atoms with Gasteiger partial charge in [-0.3, -0.25) is 4.79 Å². The van der Waals surface area contributed by atoms with E-state index in [2.05, 4.69) is 10.6 Å². The van der Waals surface area contributed by atoms with Gasteiger partial charge in [0.2, 0.25) is 5.91 Å². The lowest BCUT2D eigenvalue weighted by Gasteiger charge is -2.15. The predicted molar refractivity (Wildman–Crippen MR) is 86.6 cm³/mol. The summed E-state index contributed by atoms with van der Waals surface area (Å²) in [6.07, 6.45) is -4.58. The minimum Gasteiger partial charge on any atom is -0.495 e. The number of nitrogens with one attached hydrogen (secondary N) is 2. The van der Waals surface area contributed by atoms with E-state index >= 15 is 0 Å². The Hall–Kier alpha value is -2.41. The van der Waals surface area contributed by atoms with E-state index in [0.717, 1.165) is 6.07 Å². The highest BCUT2D eigenvalue weighted by Crippen LogP contribution is 2.36. The number of amides is 1. The van der Waals surface area contributed by atoms with Gasteiger partial charge in [0.25, 0.3) is 0 Å². The highest BCUT2D eigenvalue weighted by Gasteiger charge is 2.33. The van der Waals surface area contributed by atoms with Crippen LogP contribution in [0.3, 0.4) is 0 Å². The fraction of sp³-hybridized carbons (Fsp3) is 0.188. The molecule has 0 heterocycles. The van der Waals surface area contributed by atoms with Crippen LogP contribution in [0.5, 0.6) is 5.75 Å². The maximum Gasteiger partial charge on any atom is 0.418 e. The molecule has 0 aliphatic rings. The van der Waals surface area contributed by atoms with Gasteiger partial charge in [0, 0.05) is 10.7 Å². The van der Waals surface area contributed by atoms with Gasteiger partial charge in [-0.2, -0.15) is 13.2 Å². The molecule has 0 fully saturated rings. The van der Waals surface area contributed by atoms with Gasteiger partial charge in [0.05, 0.1) is 24.9 Å². The van der Waals surface area contributed by atoms with Crippen LogP contribution in [0.4, 0.5) is 24.5 Å². The first kappa shape index (κ1) is 17.9. The van der Waals surface area contributed by atoms with Gasteiger partial charge in [-0.1, -0.05) is 23.7 Å². The van der Waals surface area contributed by atoms with E-state index in [1.165, 1.54) is 19.2 Å². The average Bonchev–Trinajstić information content (AvgIpc) is 2.53. The van der Waals surface area contributed by atoms with Crippen LogP contribution < -0.4 is 15.4 Å². The van der Waals surface area contributed by atoms with Crippen LogP contribution in [0.2, 0.25) is 5.02 Å². The third-order valence-electron chi connectivity index (χ3n) is 3.11. The predicted octanol–water partition coefficient (Wildman–Crippen LogP) is 4.42. The molecule has 8 heteroatoms. The Morgan fingerprint density at radius 3 is 2.54 bits per heavy atom. The molecule has 1 amide bonds. The second kappa shape index (κ2) is 7.44. The van der Waals surface area contributed by atoms with Crippen molar-refractivity contribution in [2.24, 2.45) is 0 Å². The van der Waals surface area contributed by atoms with E-state index in [0.29, 0.717) is 11.4 Å². The van der Waals surface area contributed by atoms with Crippen LogP contribution in [-0.4, -0.2) is 19.6 Å². The maximum absolute atomic E-state index is 13.0. The van der Waals surface area contributed by atoms with E-state index in [9.17, 15) is 18.0 Å². The molecule has 24 heavy (non-hydrogen) atoms. The quantitative estimate of drug-likeness (QED) is 0.832. The summed E-state index contributed by atoms with van der Waals surface area (Å²) in [6, 6.07) is 10.0. The van der Waals surface area contributed by atoms with Gasteiger partial charge in [-0.05, 0) is 30.3 Å². The summed E-state index contributed by atoms with van der Waals surface area (Å²) >= 11 is 5.61. The Bertz CT molecular complexity index is 736. The molecule has 0 bridgehead atoms. The summed E-state index contributed by atoms with van der Waals surface area (Å²) in [7, 11) is 1.45. The SMILES string of the molecule is COc1ccccc1NC(=O)CNc1ccc(Cl)cc1C(F)(F)F. The van der Waals surface area contributed by atoms with Gasteiger partial charge >= 0.3 is 6.18 Å². The average molecular weight is 359 g/mol. The third-order valence-corrected chi connectivity index (χ3v) is 3.34. The van der Waals surface area contributed by atoms with Crippen LogP contribution in [0.25, 0.3) is 0 Å². The lowest BCUT2D eigenvalue weighted by Crippen LogP contribution is -2.23. The Labute approximate surface area is 141 Å². The first-order valence-electron chi connectivity index (χ1n) is 6.84. The van der Waals surface area contributed by atoms with Crippen molar-refractivity contribution < 1.29 is 22.7 Å². The summed E-state index contributed by atoms with van der Waals surface area (Å²) in [4.78, 5) is 11.9. The van der Waals surface area contributed by atoms with Gasteiger partial charge < -0.3 is 15.4 Å². The van der Waals surface area contributed by atoms with Gasteiger partial charge in [-0.15, -0.1) is 0 Å². The third kappa shape index (κ3) is 4.55. The number of methoxy groups -OCH3 is 1. The summed E-state index contributed by atoms with van der Waals surface area (Å²) in [5.74, 6) is -0.0594. The van der Waals surface area contributed by atoms with Crippen LogP contribution >= 0.6 is 11.6 Å². The molecule has 2 rings (SSSR count). The molecule has 0 atom stereocenters. The molecule has 0 spiro atoms. The van der Waals surface area contributed by atoms with Crippen molar-refractivity contribution in [1.82, 2.24) is 0 Å². The number of ether oxygens (including phenoxy) is 1. The minimum absolute atomic E-state index is 0.0358. The number of carbonyl (C=O) groups excluding carboxylic acids is 1. The number of benzene rings is 2. The molecule has 4 nitrogen and oxygen atoms in total. The summed E-state index contributed by atoms with van der Waals surface area (Å²) < 4.78 is 44.0. The number of carbonyl (C=O) groups is 1. The molecule has 0 aliphatic carbocycles. The zero-order valence-electron chi connectivity index (χ0n) is 12.6. The lowest BCUT2D eigenvalue weighted by atomic mass is 10.1. The molecule has 0 radical (unpaired) electrons. The number of hydrogen-bond donors (Lipinski definition) is 2. The molecule has 0 saturated heterocycles. The highest BCUT2D eigenvalue weighted by atomic mass is 35.5. The van der Waals surface area contributed by atoms with E-state index in [-0.39, 0.29) is 17.3 Å². The van der Waals surface area contributed by atoms with Crippen LogP contribution in [0, 0.1) is 0 Å². The Balaban J connectivity index is 2.07. The number of halogens is 4. The molecule has 0 aromatic heterocycles. The van der Waals surface area contributed by atoms with Crippen LogP contribution in [0.1, 0.15) is 5.56 Å². The molecule has 128 valence electrons. The minimum atomic E-state index is -4.58. The molecule has 0 aliphatic heterocycles. The lowest BCUT2D eigenvalue weighted by molar-refractivity contribution is -0.137. The number of rotatable bonds is 5. The van der Waals surface area contributed by atoms with Crippen molar-refractivity contribution in [2.75, 3.05) is 24.3 Å². The molecular formula is C16H14ClF3N2O2. The number of alkyl halides is 3. The first-order chi connectivity index (χ1) is 11.3. The molecule has 2 aromatic rings. The number of anilines is 2. The molecule has 2 N–H and O–H groups in total. The van der Waals surface area contributed by atoms with Crippen molar-refractivity contribution in [3.05, 3.63) is 53.1 Å². The smallest absolute Gasteiger partial charge is 0.418 e. The normalized spacial score (nSPS) is 11.0. The Morgan fingerprint density at radius 2 is 1.88 bits per heavy atom. The molecule has 0 unspecified atom stereocenters. The van der Waals surface area contributed by atoms with Gasteiger partial charge in [-0.25, -0.2) is 0 Å². The van der Waals surface area contributed by atoms with Crippen molar-refractivity contribution in [3.63, 3.8) is 0 Å². The Morgan fingerprint density at radius 1 is 1.17 bits per heavy atom. The highest BCUT2D eigenvalue weighted by molar-refractivity contribution is 6.30. The topological polar surface area (TPSA) is 50.4 Å². The Kier molecular flexibility index (Phi) is 5.56. The van der Waals surface area contributed by atoms with Crippen molar-refractivity contribution in [2.45, 2.75) is 6.18 Å². The second-order valence-electron chi connectivity index (χ2n) is 4.79. The molecule has 2 aromatic carbocycles.